The van der Waals surface area contributed by atoms with Gasteiger partial charge in [-0.25, -0.2) is 0 Å². The fourth-order valence-electron chi connectivity index (χ4n) is 4.81. The SMILES string of the molecule is CCC(=O)C1C(=O)CC2(CC1=O)CC1CC(C)=CC(C)=C12. The van der Waals surface area contributed by atoms with Crippen LogP contribution < -0.4 is 0 Å². The Morgan fingerprint density at radius 1 is 1.24 bits per heavy atom. The molecule has 21 heavy (non-hydrogen) atoms. The molecule has 1 spiro atoms. The molecule has 0 bridgehead atoms. The van der Waals surface area contributed by atoms with Gasteiger partial charge in [-0.05, 0) is 32.6 Å². The Balaban J connectivity index is 1.91. The summed E-state index contributed by atoms with van der Waals surface area (Å²) in [6.07, 6.45) is 5.19. The predicted octanol–water partition coefficient (Wildman–Crippen LogP) is 3.19. The topological polar surface area (TPSA) is 51.2 Å². The van der Waals surface area contributed by atoms with Crippen LogP contribution in [-0.4, -0.2) is 17.3 Å². The molecule has 0 aliphatic heterocycles. The van der Waals surface area contributed by atoms with E-state index in [1.807, 2.05) is 0 Å². The lowest BCUT2D eigenvalue weighted by Gasteiger charge is -2.55. The molecule has 3 aliphatic rings. The Kier molecular flexibility index (Phi) is 3.27. The number of rotatable bonds is 2. The number of allylic oxidation sites excluding steroid dienone is 4. The van der Waals surface area contributed by atoms with Crippen LogP contribution in [0.2, 0.25) is 0 Å². The molecule has 0 aromatic rings. The molecule has 1 atom stereocenters. The molecule has 3 nitrogen and oxygen atoms in total. The van der Waals surface area contributed by atoms with Gasteiger partial charge in [-0.3, -0.25) is 14.4 Å². The van der Waals surface area contributed by atoms with E-state index in [1.165, 1.54) is 16.7 Å². The molecular formula is C18H22O3. The standard InChI is InChI=1S/C18H22O3/c1-4-13(19)16-14(20)8-18(9-15(16)21)7-12-6-10(2)5-11(3)17(12)18/h5,12,16H,4,6-9H2,1-3H3. The number of fused-ring (bicyclic) bond motifs is 2. The molecule has 0 N–H and O–H groups in total. The third-order valence-corrected chi connectivity index (χ3v) is 5.41. The maximum Gasteiger partial charge on any atom is 0.151 e. The van der Waals surface area contributed by atoms with E-state index in [1.54, 1.807) is 6.92 Å². The summed E-state index contributed by atoms with van der Waals surface area (Å²) in [6.45, 7) is 5.94. The summed E-state index contributed by atoms with van der Waals surface area (Å²) in [7, 11) is 0. The Hall–Kier alpha value is -1.51. The summed E-state index contributed by atoms with van der Waals surface area (Å²) in [5.41, 5.74) is 3.67. The molecular weight excluding hydrogens is 264 g/mol. The lowest BCUT2D eigenvalue weighted by molar-refractivity contribution is -0.147. The molecule has 1 unspecified atom stereocenters. The molecule has 2 fully saturated rings. The average Bonchev–Trinajstić information content (AvgIpc) is 2.35. The van der Waals surface area contributed by atoms with Gasteiger partial charge < -0.3 is 0 Å². The van der Waals surface area contributed by atoms with Crippen molar-refractivity contribution in [2.45, 2.75) is 52.9 Å². The minimum atomic E-state index is -0.971. The van der Waals surface area contributed by atoms with Gasteiger partial charge in [0.2, 0.25) is 0 Å². The number of carbonyl (C=O) groups excluding carboxylic acids is 3. The van der Waals surface area contributed by atoms with E-state index >= 15 is 0 Å². The predicted molar refractivity (Wildman–Crippen MR) is 79.7 cm³/mol. The zero-order chi connectivity index (χ0) is 15.4. The quantitative estimate of drug-likeness (QED) is 0.733. The fourth-order valence-corrected chi connectivity index (χ4v) is 4.81. The highest BCUT2D eigenvalue weighted by Gasteiger charge is 2.57. The van der Waals surface area contributed by atoms with Crippen molar-refractivity contribution in [1.82, 2.24) is 0 Å². The fraction of sp³-hybridized carbons (Fsp3) is 0.611. The summed E-state index contributed by atoms with van der Waals surface area (Å²) < 4.78 is 0. The molecule has 3 heteroatoms. The smallest absolute Gasteiger partial charge is 0.151 e. The van der Waals surface area contributed by atoms with Gasteiger partial charge in [0.1, 0.15) is 5.92 Å². The third-order valence-electron chi connectivity index (χ3n) is 5.41. The highest BCUT2D eigenvalue weighted by Crippen LogP contribution is 2.62. The minimum absolute atomic E-state index is 0.150. The van der Waals surface area contributed by atoms with Crippen molar-refractivity contribution in [2.75, 3.05) is 0 Å². The van der Waals surface area contributed by atoms with Crippen LogP contribution in [-0.2, 0) is 14.4 Å². The Bertz CT molecular complexity index is 588. The van der Waals surface area contributed by atoms with Crippen LogP contribution in [0.3, 0.4) is 0 Å². The van der Waals surface area contributed by atoms with Gasteiger partial charge in [-0.2, -0.15) is 0 Å². The van der Waals surface area contributed by atoms with E-state index in [4.69, 9.17) is 0 Å². The van der Waals surface area contributed by atoms with Gasteiger partial charge in [0.25, 0.3) is 0 Å². The van der Waals surface area contributed by atoms with E-state index in [2.05, 4.69) is 19.9 Å². The van der Waals surface area contributed by atoms with Crippen LogP contribution >= 0.6 is 0 Å². The number of ketones is 3. The third kappa shape index (κ3) is 2.05. The second kappa shape index (κ2) is 4.75. The second-order valence-electron chi connectivity index (χ2n) is 7.01. The molecule has 3 rings (SSSR count). The maximum absolute atomic E-state index is 12.4. The van der Waals surface area contributed by atoms with E-state index in [0.29, 0.717) is 18.8 Å². The van der Waals surface area contributed by atoms with Gasteiger partial charge in [0.15, 0.2) is 17.3 Å². The zero-order valence-electron chi connectivity index (χ0n) is 13.0. The molecule has 0 amide bonds. The first-order valence-electron chi connectivity index (χ1n) is 7.84. The van der Waals surface area contributed by atoms with Crippen LogP contribution in [0.5, 0.6) is 0 Å². The van der Waals surface area contributed by atoms with E-state index in [-0.39, 0.29) is 29.2 Å². The van der Waals surface area contributed by atoms with Crippen molar-refractivity contribution >= 4 is 17.3 Å². The van der Waals surface area contributed by atoms with Gasteiger partial charge in [-0.15, -0.1) is 0 Å². The summed E-state index contributed by atoms with van der Waals surface area (Å²) >= 11 is 0. The summed E-state index contributed by atoms with van der Waals surface area (Å²) in [5, 5.41) is 0. The number of hydrogen-bond acceptors (Lipinski definition) is 3. The molecule has 0 aromatic heterocycles. The summed E-state index contributed by atoms with van der Waals surface area (Å²) in [6, 6.07) is 0. The largest absolute Gasteiger partial charge is 0.298 e. The molecule has 3 aliphatic carbocycles. The van der Waals surface area contributed by atoms with Crippen LogP contribution in [0.25, 0.3) is 0 Å². The van der Waals surface area contributed by atoms with Crippen molar-refractivity contribution in [2.24, 2.45) is 17.3 Å². The maximum atomic E-state index is 12.4. The van der Waals surface area contributed by atoms with Gasteiger partial charge in [-0.1, -0.05) is 29.7 Å². The van der Waals surface area contributed by atoms with E-state index < -0.39 is 5.92 Å². The van der Waals surface area contributed by atoms with Crippen LogP contribution in [0.4, 0.5) is 0 Å². The van der Waals surface area contributed by atoms with Crippen LogP contribution in [0.1, 0.15) is 52.9 Å². The Morgan fingerprint density at radius 3 is 2.38 bits per heavy atom. The minimum Gasteiger partial charge on any atom is -0.298 e. The second-order valence-corrected chi connectivity index (χ2v) is 7.01. The van der Waals surface area contributed by atoms with E-state index in [9.17, 15) is 14.4 Å². The first-order chi connectivity index (χ1) is 9.88. The molecule has 0 heterocycles. The molecule has 112 valence electrons. The van der Waals surface area contributed by atoms with Crippen LogP contribution in [0, 0.1) is 17.3 Å². The number of hydrogen-bond donors (Lipinski definition) is 0. The van der Waals surface area contributed by atoms with Crippen LogP contribution in [0.15, 0.2) is 22.8 Å². The summed E-state index contributed by atoms with van der Waals surface area (Å²) in [5.74, 6) is -0.970. The lowest BCUT2D eigenvalue weighted by atomic mass is 9.48. The van der Waals surface area contributed by atoms with Gasteiger partial charge >= 0.3 is 0 Å². The Labute approximate surface area is 125 Å². The first kappa shape index (κ1) is 14.4. The van der Waals surface area contributed by atoms with Gasteiger partial charge in [0, 0.05) is 24.7 Å². The van der Waals surface area contributed by atoms with Crippen molar-refractivity contribution < 1.29 is 14.4 Å². The molecule has 0 saturated heterocycles. The number of Topliss-reactive ketones (excluding diaryl/α,β-unsaturated/α-hetero) is 3. The first-order valence-corrected chi connectivity index (χ1v) is 7.84. The van der Waals surface area contributed by atoms with Crippen molar-refractivity contribution in [3.05, 3.63) is 22.8 Å². The Morgan fingerprint density at radius 2 is 1.86 bits per heavy atom. The molecule has 2 saturated carbocycles. The highest BCUT2D eigenvalue weighted by atomic mass is 16.2. The summed E-state index contributed by atoms with van der Waals surface area (Å²) in [4.78, 5) is 36.6. The normalized spacial score (nSPS) is 35.5. The molecule has 0 aromatic carbocycles. The molecule has 0 radical (unpaired) electrons. The van der Waals surface area contributed by atoms with E-state index in [0.717, 1.165) is 12.8 Å². The number of carbonyl (C=O) groups is 3. The van der Waals surface area contributed by atoms with Gasteiger partial charge in [0.05, 0.1) is 0 Å². The monoisotopic (exact) mass is 286 g/mol. The lowest BCUT2D eigenvalue weighted by Crippen LogP contribution is -2.52. The van der Waals surface area contributed by atoms with Crippen molar-refractivity contribution in [3.8, 4) is 0 Å². The average molecular weight is 286 g/mol. The van der Waals surface area contributed by atoms with Crippen molar-refractivity contribution in [3.63, 3.8) is 0 Å². The van der Waals surface area contributed by atoms with Crippen molar-refractivity contribution in [1.29, 1.82) is 0 Å². The zero-order valence-corrected chi connectivity index (χ0v) is 13.0. The highest BCUT2D eigenvalue weighted by molar-refractivity contribution is 6.21.